The maximum atomic E-state index is 11.6. The molecule has 0 aromatic heterocycles. The fourth-order valence-electron chi connectivity index (χ4n) is 7.05. The summed E-state index contributed by atoms with van der Waals surface area (Å²) in [5.74, 6) is 0. The summed E-state index contributed by atoms with van der Waals surface area (Å²) >= 11 is 1.64. The van der Waals surface area contributed by atoms with Gasteiger partial charge in [0.15, 0.2) is 0 Å². The molecule has 2 nitrogen and oxygen atoms in total. The van der Waals surface area contributed by atoms with Crippen LogP contribution in [0.2, 0.25) is 0 Å². The van der Waals surface area contributed by atoms with Crippen molar-refractivity contribution in [2.45, 2.75) is 202 Å². The van der Waals surface area contributed by atoms with Crippen LogP contribution in [0.4, 0.5) is 0 Å². The summed E-state index contributed by atoms with van der Waals surface area (Å²) < 4.78 is 1.48. The summed E-state index contributed by atoms with van der Waals surface area (Å²) in [5.41, 5.74) is 19.7. The average Bonchev–Trinajstić information content (AvgIpc) is 3.52. The maximum Gasteiger partial charge on any atom is 0.210 e. The number of allylic oxidation sites excluding steroid dienone is 4. The van der Waals surface area contributed by atoms with Crippen LogP contribution in [0, 0.1) is 0 Å². The molecule has 0 bridgehead atoms. The molecule has 1 aliphatic rings. The van der Waals surface area contributed by atoms with Crippen LogP contribution in [-0.2, 0) is 27.3 Å². The van der Waals surface area contributed by atoms with Crippen LogP contribution in [0.1, 0.15) is 211 Å². The molecule has 0 N–H and O–H groups in total. The molecular formula is C51H80N2Ni. The molecule has 3 rings (SSSR count). The van der Waals surface area contributed by atoms with Crippen molar-refractivity contribution in [2.75, 3.05) is 0 Å². The Labute approximate surface area is 340 Å². The van der Waals surface area contributed by atoms with Crippen molar-refractivity contribution in [2.24, 2.45) is 0 Å². The molecule has 0 spiro atoms. The van der Waals surface area contributed by atoms with Gasteiger partial charge in [0, 0.05) is 22.8 Å². The van der Waals surface area contributed by atoms with Gasteiger partial charge in [-0.1, -0.05) is 122 Å². The Kier molecular flexibility index (Phi) is 28.9. The van der Waals surface area contributed by atoms with Gasteiger partial charge in [-0.2, -0.15) is 0 Å². The second-order valence-corrected chi connectivity index (χ2v) is 16.4. The van der Waals surface area contributed by atoms with E-state index < -0.39 is 0 Å². The van der Waals surface area contributed by atoms with Crippen LogP contribution in [0.25, 0.3) is 16.9 Å². The molecule has 2 aromatic carbocycles. The Hall–Kier alpha value is -2.51. The van der Waals surface area contributed by atoms with Crippen LogP contribution >= 0.6 is 0 Å². The molecule has 3 heteroatoms. The third-order valence-corrected chi connectivity index (χ3v) is 11.2. The van der Waals surface area contributed by atoms with Crippen molar-refractivity contribution in [3.05, 3.63) is 110 Å². The molecule has 1 aliphatic heterocycles. The van der Waals surface area contributed by atoms with E-state index >= 15 is 0 Å². The maximum absolute atomic E-state index is 11.6. The van der Waals surface area contributed by atoms with E-state index in [1.165, 1.54) is 163 Å². The molecule has 0 amide bonds. The second kappa shape index (κ2) is 32.7. The monoisotopic (exact) mass is 779 g/mol. The number of rotatable bonds is 30. The predicted octanol–water partition coefficient (Wildman–Crippen LogP) is 17.1. The summed E-state index contributed by atoms with van der Waals surface area (Å²) in [7, 11) is 0. The van der Waals surface area contributed by atoms with Gasteiger partial charge in [-0.3, -0.25) is 0 Å². The van der Waals surface area contributed by atoms with Crippen molar-refractivity contribution < 1.29 is 19.1 Å². The van der Waals surface area contributed by atoms with Crippen molar-refractivity contribution in [1.82, 2.24) is 0 Å². The van der Waals surface area contributed by atoms with E-state index in [2.05, 4.69) is 111 Å². The SMILES string of the molecule is CCCCCC=[CH][Ni][CH]=CCCCCC.CCCCCCCCc1cccc(C2=CC(CCCCC)=C(c3cccc(CCCCCCCC)c3)[N+]2=[N-])c1. The molecule has 304 valence electrons. The van der Waals surface area contributed by atoms with E-state index in [-0.39, 0.29) is 0 Å². The van der Waals surface area contributed by atoms with Gasteiger partial charge in [-0.05, 0) is 73.9 Å². The first kappa shape index (κ1) is 47.6. The molecule has 1 heterocycles. The topological polar surface area (TPSA) is 25.3 Å². The fourth-order valence-corrected chi connectivity index (χ4v) is 7.76. The van der Waals surface area contributed by atoms with Crippen LogP contribution in [-0.4, -0.2) is 4.70 Å². The molecule has 0 fully saturated rings. The van der Waals surface area contributed by atoms with Gasteiger partial charge in [-0.25, -0.2) is 4.70 Å². The molecule has 0 unspecified atom stereocenters. The number of unbranched alkanes of at least 4 members (excludes halogenated alkanes) is 18. The molecule has 0 atom stereocenters. The largest absolute Gasteiger partial charge is 0.493 e. The standard InChI is InChI=1S/C37H54N2.2C7H13.Ni/c1-4-7-10-12-14-17-21-31-23-19-26-33(28-31)36-30-35(25-16-9-6-3)37(39(36)38)34-27-20-24-32(29-34)22-18-15-13-11-8-5-2;2*1-3-5-7-6-4-2;/h19-20,23-24,26-30H,4-18,21-22,25H2,1-3H3;2*1,3H,4-7H2,2H3;. The Balaban J connectivity index is 0.000000567. The van der Waals surface area contributed by atoms with E-state index in [0.29, 0.717) is 0 Å². The van der Waals surface area contributed by atoms with Crippen LogP contribution < -0.4 is 0 Å². The Morgan fingerprint density at radius 1 is 0.500 bits per heavy atom. The van der Waals surface area contributed by atoms with Crippen molar-refractivity contribution in [1.29, 1.82) is 0 Å². The van der Waals surface area contributed by atoms with Crippen molar-refractivity contribution in [3.63, 3.8) is 0 Å². The first-order valence-corrected chi connectivity index (χ1v) is 23.7. The molecule has 0 saturated carbocycles. The first-order chi connectivity index (χ1) is 26.6. The summed E-state index contributed by atoms with van der Waals surface area (Å²) in [6.45, 7) is 11.3. The third-order valence-electron chi connectivity index (χ3n) is 10.4. The minimum Gasteiger partial charge on any atom is -0.493 e. The number of hydrogen-bond donors (Lipinski definition) is 0. The van der Waals surface area contributed by atoms with Crippen molar-refractivity contribution in [3.8, 4) is 0 Å². The molecule has 2 aromatic rings. The summed E-state index contributed by atoms with van der Waals surface area (Å²) in [6.07, 6.45) is 40.0. The van der Waals surface area contributed by atoms with E-state index in [4.69, 9.17) is 0 Å². The Morgan fingerprint density at radius 2 is 0.926 bits per heavy atom. The Morgan fingerprint density at radius 3 is 1.46 bits per heavy atom. The van der Waals surface area contributed by atoms with Gasteiger partial charge in [0.2, 0.25) is 11.4 Å². The fraction of sp³-hybridized carbons (Fsp3) is 0.608. The van der Waals surface area contributed by atoms with Crippen molar-refractivity contribution >= 4 is 11.4 Å². The zero-order valence-corrected chi connectivity index (χ0v) is 36.6. The summed E-state index contributed by atoms with van der Waals surface area (Å²) in [4.78, 5) is 0. The third kappa shape index (κ3) is 21.0. The van der Waals surface area contributed by atoms with Gasteiger partial charge in [-0.15, -0.1) is 0 Å². The minimum atomic E-state index is 0.919. The van der Waals surface area contributed by atoms with E-state index in [9.17, 15) is 5.53 Å². The zero-order chi connectivity index (χ0) is 38.9. The normalized spacial score (nSPS) is 13.1. The van der Waals surface area contributed by atoms with Crippen LogP contribution in [0.15, 0.2) is 82.4 Å². The average molecular weight is 780 g/mol. The smallest absolute Gasteiger partial charge is 0.210 e. The minimum absolute atomic E-state index is 0.919. The van der Waals surface area contributed by atoms with Crippen LogP contribution in [0.3, 0.4) is 0 Å². The van der Waals surface area contributed by atoms with E-state index in [1.54, 1.807) is 14.4 Å². The van der Waals surface area contributed by atoms with Gasteiger partial charge < -0.3 is 5.53 Å². The molecular weight excluding hydrogens is 699 g/mol. The molecule has 0 saturated heterocycles. The van der Waals surface area contributed by atoms with Gasteiger partial charge in [0.25, 0.3) is 0 Å². The van der Waals surface area contributed by atoms with E-state index in [1.807, 2.05) is 0 Å². The first-order valence-electron chi connectivity index (χ1n) is 22.6. The number of benzene rings is 2. The molecule has 0 aliphatic carbocycles. The Bertz CT molecular complexity index is 1360. The predicted molar refractivity (Wildman–Crippen MR) is 236 cm³/mol. The zero-order valence-electron chi connectivity index (χ0n) is 35.6. The number of aryl methyl sites for hydroxylation is 2. The quantitative estimate of drug-likeness (QED) is 0.0429. The summed E-state index contributed by atoms with van der Waals surface area (Å²) in [5, 5.41) is 4.47. The number of nitrogens with zero attached hydrogens (tertiary/aromatic N) is 2. The van der Waals surface area contributed by atoms with Crippen LogP contribution in [0.5, 0.6) is 0 Å². The van der Waals surface area contributed by atoms with Gasteiger partial charge in [0.05, 0.1) is 0 Å². The van der Waals surface area contributed by atoms with Gasteiger partial charge >= 0.3 is 102 Å². The molecule has 0 radical (unpaired) electrons. The van der Waals surface area contributed by atoms with E-state index in [0.717, 1.165) is 48.2 Å². The second-order valence-electron chi connectivity index (χ2n) is 15.4. The van der Waals surface area contributed by atoms with Gasteiger partial charge in [0.1, 0.15) is 0 Å². The number of hydrogen-bond acceptors (Lipinski definition) is 0. The summed E-state index contributed by atoms with van der Waals surface area (Å²) in [6, 6.07) is 17.8. The molecule has 54 heavy (non-hydrogen) atoms.